The van der Waals surface area contributed by atoms with Gasteiger partial charge in [0.25, 0.3) is 5.91 Å². The number of nitrogens with two attached hydrogens (primary N) is 1. The van der Waals surface area contributed by atoms with Gasteiger partial charge in [0.15, 0.2) is 0 Å². The molecule has 0 aliphatic carbocycles. The molecule has 92 valence electrons. The number of benzene rings is 1. The third kappa shape index (κ3) is 2.82. The van der Waals surface area contributed by atoms with Gasteiger partial charge < -0.3 is 11.1 Å². The summed E-state index contributed by atoms with van der Waals surface area (Å²) in [6, 6.07) is 7.57. The maximum atomic E-state index is 13.2. The number of nitrogens with one attached hydrogen (secondary N) is 1. The van der Waals surface area contributed by atoms with Gasteiger partial charge in [0.1, 0.15) is 5.82 Å². The minimum atomic E-state index is -0.591. The van der Waals surface area contributed by atoms with E-state index in [1.807, 2.05) is 0 Å². The van der Waals surface area contributed by atoms with Crippen LogP contribution in [0.3, 0.4) is 0 Å². The van der Waals surface area contributed by atoms with Gasteiger partial charge in [-0.25, -0.2) is 4.39 Å². The Balaban J connectivity index is 2.02. The van der Waals surface area contributed by atoms with Crippen molar-refractivity contribution in [3.8, 4) is 0 Å². The molecule has 4 nitrogen and oxygen atoms in total. The zero-order valence-corrected chi connectivity index (χ0v) is 9.56. The molecule has 0 fully saturated rings. The maximum Gasteiger partial charge on any atom is 0.251 e. The minimum absolute atomic E-state index is 0.0284. The standard InChI is InChI=1S/C13H12FN3O/c14-11-7-10(1-2-12(11)15)13(18)17-8-9-3-5-16-6-4-9/h1-7H,8,15H2,(H,17,18). The van der Waals surface area contributed by atoms with Crippen molar-refractivity contribution < 1.29 is 9.18 Å². The normalized spacial score (nSPS) is 10.1. The number of nitrogen functional groups attached to an aromatic ring is 1. The number of amides is 1. The fourth-order valence-electron chi connectivity index (χ4n) is 1.45. The number of halogens is 1. The van der Waals surface area contributed by atoms with E-state index in [1.165, 1.54) is 12.1 Å². The highest BCUT2D eigenvalue weighted by Crippen LogP contribution is 2.11. The fraction of sp³-hybridized carbons (Fsp3) is 0.0769. The second-order valence-electron chi connectivity index (χ2n) is 3.77. The Morgan fingerprint density at radius 2 is 2.00 bits per heavy atom. The van der Waals surface area contributed by atoms with Gasteiger partial charge in [-0.1, -0.05) is 0 Å². The molecule has 0 aliphatic heterocycles. The number of rotatable bonds is 3. The van der Waals surface area contributed by atoms with E-state index in [0.29, 0.717) is 6.54 Å². The molecule has 3 N–H and O–H groups in total. The number of anilines is 1. The van der Waals surface area contributed by atoms with Gasteiger partial charge in [0.2, 0.25) is 0 Å². The molecule has 1 aromatic carbocycles. The Morgan fingerprint density at radius 3 is 2.67 bits per heavy atom. The lowest BCUT2D eigenvalue weighted by molar-refractivity contribution is 0.0950. The van der Waals surface area contributed by atoms with Crippen LogP contribution >= 0.6 is 0 Å². The summed E-state index contributed by atoms with van der Waals surface area (Å²) in [5.41, 5.74) is 6.54. The molecule has 0 radical (unpaired) electrons. The van der Waals surface area contributed by atoms with Gasteiger partial charge in [-0.15, -0.1) is 0 Å². The molecule has 1 amide bonds. The lowest BCUT2D eigenvalue weighted by atomic mass is 10.2. The van der Waals surface area contributed by atoms with E-state index in [2.05, 4.69) is 10.3 Å². The van der Waals surface area contributed by atoms with Crippen LogP contribution in [0, 0.1) is 5.82 Å². The summed E-state index contributed by atoms with van der Waals surface area (Å²) < 4.78 is 13.2. The molecule has 5 heteroatoms. The number of carbonyl (C=O) groups excluding carboxylic acids is 1. The molecular weight excluding hydrogens is 233 g/mol. The molecule has 0 bridgehead atoms. The van der Waals surface area contributed by atoms with Crippen molar-refractivity contribution in [2.75, 3.05) is 5.73 Å². The van der Waals surface area contributed by atoms with Gasteiger partial charge in [0, 0.05) is 24.5 Å². The first-order valence-corrected chi connectivity index (χ1v) is 5.39. The van der Waals surface area contributed by atoms with Crippen LogP contribution in [-0.4, -0.2) is 10.9 Å². The molecular formula is C13H12FN3O. The molecule has 2 rings (SSSR count). The molecule has 0 saturated heterocycles. The summed E-state index contributed by atoms with van der Waals surface area (Å²) in [6.07, 6.45) is 3.29. The van der Waals surface area contributed by atoms with Crippen LogP contribution in [0.1, 0.15) is 15.9 Å². The Bertz CT molecular complexity index is 557. The monoisotopic (exact) mass is 245 g/mol. The van der Waals surface area contributed by atoms with Crippen LogP contribution in [0.15, 0.2) is 42.7 Å². The van der Waals surface area contributed by atoms with Crippen molar-refractivity contribution in [3.63, 3.8) is 0 Å². The smallest absolute Gasteiger partial charge is 0.251 e. The highest BCUT2D eigenvalue weighted by Gasteiger charge is 2.07. The zero-order valence-electron chi connectivity index (χ0n) is 9.56. The first-order valence-electron chi connectivity index (χ1n) is 5.39. The Hall–Kier alpha value is -2.43. The van der Waals surface area contributed by atoms with E-state index < -0.39 is 5.82 Å². The predicted molar refractivity (Wildman–Crippen MR) is 66.2 cm³/mol. The van der Waals surface area contributed by atoms with E-state index in [1.54, 1.807) is 24.5 Å². The molecule has 1 aromatic heterocycles. The second kappa shape index (κ2) is 5.27. The van der Waals surface area contributed by atoms with E-state index in [9.17, 15) is 9.18 Å². The SMILES string of the molecule is Nc1ccc(C(=O)NCc2ccncc2)cc1F. The lowest BCUT2D eigenvalue weighted by Gasteiger charge is -2.06. The summed E-state index contributed by atoms with van der Waals surface area (Å²) in [5, 5.41) is 2.69. The first-order chi connectivity index (χ1) is 8.66. The number of carbonyl (C=O) groups is 1. The quantitative estimate of drug-likeness (QED) is 0.809. The first kappa shape index (κ1) is 12.0. The summed E-state index contributed by atoms with van der Waals surface area (Å²) in [5.74, 6) is -0.933. The van der Waals surface area contributed by atoms with Gasteiger partial charge in [-0.2, -0.15) is 0 Å². The predicted octanol–water partition coefficient (Wildman–Crippen LogP) is 1.73. The number of pyridine rings is 1. The molecule has 1 heterocycles. The largest absolute Gasteiger partial charge is 0.396 e. The third-order valence-electron chi connectivity index (χ3n) is 2.47. The maximum absolute atomic E-state index is 13.2. The Morgan fingerprint density at radius 1 is 1.28 bits per heavy atom. The van der Waals surface area contributed by atoms with Crippen molar-refractivity contribution in [2.45, 2.75) is 6.54 Å². The molecule has 0 saturated carbocycles. The highest BCUT2D eigenvalue weighted by atomic mass is 19.1. The van der Waals surface area contributed by atoms with Crippen LogP contribution in [-0.2, 0) is 6.54 Å². The van der Waals surface area contributed by atoms with E-state index in [0.717, 1.165) is 11.6 Å². The Labute approximate surface area is 104 Å². The average molecular weight is 245 g/mol. The summed E-state index contributed by atoms with van der Waals surface area (Å²) >= 11 is 0. The van der Waals surface area contributed by atoms with Gasteiger partial charge in [-0.3, -0.25) is 9.78 Å². The number of hydrogen-bond donors (Lipinski definition) is 2. The molecule has 0 unspecified atom stereocenters. The van der Waals surface area contributed by atoms with Crippen LogP contribution < -0.4 is 11.1 Å². The van der Waals surface area contributed by atoms with Crippen LogP contribution in [0.2, 0.25) is 0 Å². The van der Waals surface area contributed by atoms with Crippen molar-refractivity contribution in [1.29, 1.82) is 0 Å². The van der Waals surface area contributed by atoms with Crippen molar-refractivity contribution in [3.05, 3.63) is 59.7 Å². The fourth-order valence-corrected chi connectivity index (χ4v) is 1.45. The molecule has 0 atom stereocenters. The number of nitrogens with zero attached hydrogens (tertiary/aromatic N) is 1. The second-order valence-corrected chi connectivity index (χ2v) is 3.77. The van der Waals surface area contributed by atoms with Gasteiger partial charge in [-0.05, 0) is 35.9 Å². The number of hydrogen-bond acceptors (Lipinski definition) is 3. The summed E-state index contributed by atoms with van der Waals surface area (Å²) in [7, 11) is 0. The Kier molecular flexibility index (Phi) is 3.52. The van der Waals surface area contributed by atoms with Crippen LogP contribution in [0.25, 0.3) is 0 Å². The lowest BCUT2D eigenvalue weighted by Crippen LogP contribution is -2.22. The van der Waals surface area contributed by atoms with Crippen LogP contribution in [0.4, 0.5) is 10.1 Å². The van der Waals surface area contributed by atoms with Gasteiger partial charge in [0.05, 0.1) is 5.69 Å². The topological polar surface area (TPSA) is 68.0 Å². The van der Waals surface area contributed by atoms with E-state index in [-0.39, 0.29) is 17.2 Å². The zero-order chi connectivity index (χ0) is 13.0. The van der Waals surface area contributed by atoms with Crippen molar-refractivity contribution in [2.24, 2.45) is 0 Å². The molecule has 0 spiro atoms. The number of aromatic nitrogens is 1. The van der Waals surface area contributed by atoms with Crippen LogP contribution in [0.5, 0.6) is 0 Å². The minimum Gasteiger partial charge on any atom is -0.396 e. The van der Waals surface area contributed by atoms with Crippen molar-refractivity contribution in [1.82, 2.24) is 10.3 Å². The van der Waals surface area contributed by atoms with Gasteiger partial charge >= 0.3 is 0 Å². The third-order valence-corrected chi connectivity index (χ3v) is 2.47. The summed E-state index contributed by atoms with van der Waals surface area (Å²) in [6.45, 7) is 0.368. The van der Waals surface area contributed by atoms with E-state index >= 15 is 0 Å². The summed E-state index contributed by atoms with van der Waals surface area (Å²) in [4.78, 5) is 15.6. The van der Waals surface area contributed by atoms with Crippen molar-refractivity contribution >= 4 is 11.6 Å². The molecule has 2 aromatic rings. The highest BCUT2D eigenvalue weighted by molar-refractivity contribution is 5.94. The van der Waals surface area contributed by atoms with E-state index in [4.69, 9.17) is 5.73 Å². The molecule has 18 heavy (non-hydrogen) atoms. The molecule has 0 aliphatic rings. The average Bonchev–Trinajstić information content (AvgIpc) is 2.40.